The normalized spacial score (nSPS) is 15.1. The van der Waals surface area contributed by atoms with Crippen LogP contribution in [0.1, 0.15) is 58.3 Å². The molecule has 3 aromatic heterocycles. The van der Waals surface area contributed by atoms with Gasteiger partial charge < -0.3 is 4.90 Å². The smallest absolute Gasteiger partial charge is 0.257 e. The highest BCUT2D eigenvalue weighted by Crippen LogP contribution is 2.36. The standard InChI is InChI=1S/C21H26N6OS/c1-5-27-12-17(13(2)25-27)21(28)26-10-7-16(8-11-26)20-23-14(3)19(29-20)18-6-9-22-15(4)24-18/h6,9,12,16H,5,7-8,10-11H2,1-4H3. The monoisotopic (exact) mass is 410 g/mol. The first-order valence-corrected chi connectivity index (χ1v) is 10.9. The van der Waals surface area contributed by atoms with Crippen molar-refractivity contribution in [2.24, 2.45) is 0 Å². The maximum atomic E-state index is 12.9. The van der Waals surface area contributed by atoms with Crippen LogP contribution in [0.25, 0.3) is 10.6 Å². The maximum absolute atomic E-state index is 12.9. The van der Waals surface area contributed by atoms with Crippen LogP contribution in [0.3, 0.4) is 0 Å². The fourth-order valence-electron chi connectivity index (χ4n) is 3.80. The Bertz CT molecular complexity index is 1030. The second kappa shape index (κ2) is 8.02. The van der Waals surface area contributed by atoms with Gasteiger partial charge in [-0.05, 0) is 46.6 Å². The average Bonchev–Trinajstić information content (AvgIpc) is 3.30. The zero-order chi connectivity index (χ0) is 20.5. The first-order chi connectivity index (χ1) is 14.0. The van der Waals surface area contributed by atoms with Gasteiger partial charge in [0.05, 0.1) is 32.5 Å². The first kappa shape index (κ1) is 19.7. The predicted molar refractivity (Wildman–Crippen MR) is 113 cm³/mol. The van der Waals surface area contributed by atoms with Gasteiger partial charge in [0.1, 0.15) is 5.82 Å². The molecule has 0 unspecified atom stereocenters. The van der Waals surface area contributed by atoms with Gasteiger partial charge >= 0.3 is 0 Å². The Kier molecular flexibility index (Phi) is 5.45. The van der Waals surface area contributed by atoms with E-state index in [1.807, 2.05) is 49.5 Å². The van der Waals surface area contributed by atoms with E-state index in [9.17, 15) is 4.79 Å². The molecule has 0 spiro atoms. The third-order valence-corrected chi connectivity index (χ3v) is 6.80. The van der Waals surface area contributed by atoms with E-state index in [4.69, 9.17) is 4.98 Å². The molecule has 7 nitrogen and oxygen atoms in total. The minimum atomic E-state index is 0.0909. The van der Waals surface area contributed by atoms with Gasteiger partial charge in [-0.15, -0.1) is 11.3 Å². The summed E-state index contributed by atoms with van der Waals surface area (Å²) < 4.78 is 1.82. The van der Waals surface area contributed by atoms with E-state index in [-0.39, 0.29) is 5.91 Å². The highest BCUT2D eigenvalue weighted by atomic mass is 32.1. The number of hydrogen-bond donors (Lipinski definition) is 0. The van der Waals surface area contributed by atoms with Crippen LogP contribution in [0, 0.1) is 20.8 Å². The third kappa shape index (κ3) is 3.94. The average molecular weight is 411 g/mol. The van der Waals surface area contributed by atoms with Crippen LogP contribution < -0.4 is 0 Å². The molecule has 4 rings (SSSR count). The van der Waals surface area contributed by atoms with E-state index in [2.05, 4.69) is 15.1 Å². The fourth-order valence-corrected chi connectivity index (χ4v) is 5.01. The summed E-state index contributed by atoms with van der Waals surface area (Å²) in [6.07, 6.45) is 5.52. The number of carbonyl (C=O) groups excluding carboxylic acids is 1. The molecule has 8 heteroatoms. The number of thiazole rings is 1. The van der Waals surface area contributed by atoms with Crippen LogP contribution in [0.15, 0.2) is 18.5 Å². The Labute approximate surface area is 174 Å². The lowest BCUT2D eigenvalue weighted by atomic mass is 9.97. The van der Waals surface area contributed by atoms with Gasteiger partial charge in [0.2, 0.25) is 0 Å². The predicted octanol–water partition coefficient (Wildman–Crippen LogP) is 3.76. The van der Waals surface area contributed by atoms with E-state index in [0.717, 1.165) is 70.8 Å². The Morgan fingerprint density at radius 3 is 2.59 bits per heavy atom. The van der Waals surface area contributed by atoms with Crippen LogP contribution in [0.5, 0.6) is 0 Å². The number of likely N-dealkylation sites (tertiary alicyclic amines) is 1. The van der Waals surface area contributed by atoms with Crippen LogP contribution in [0.4, 0.5) is 0 Å². The number of hydrogen-bond acceptors (Lipinski definition) is 6. The molecule has 0 aliphatic carbocycles. The molecular formula is C21H26N6OS. The summed E-state index contributed by atoms with van der Waals surface area (Å²) in [7, 11) is 0. The molecule has 1 aliphatic rings. The highest BCUT2D eigenvalue weighted by Gasteiger charge is 2.28. The van der Waals surface area contributed by atoms with Gasteiger partial charge in [-0.25, -0.2) is 15.0 Å². The molecule has 152 valence electrons. The molecule has 29 heavy (non-hydrogen) atoms. The molecule has 0 N–H and O–H groups in total. The second-order valence-electron chi connectivity index (χ2n) is 7.51. The maximum Gasteiger partial charge on any atom is 0.257 e. The summed E-state index contributed by atoms with van der Waals surface area (Å²) in [5, 5.41) is 5.55. The number of amides is 1. The number of aromatic nitrogens is 5. The Hall–Kier alpha value is -2.61. The van der Waals surface area contributed by atoms with Crippen molar-refractivity contribution in [2.45, 2.75) is 53.0 Å². The van der Waals surface area contributed by atoms with E-state index in [1.54, 1.807) is 17.5 Å². The Morgan fingerprint density at radius 1 is 1.17 bits per heavy atom. The molecule has 4 heterocycles. The molecule has 1 amide bonds. The quantitative estimate of drug-likeness (QED) is 0.654. The number of piperidine rings is 1. The molecule has 0 bridgehead atoms. The molecule has 1 aliphatic heterocycles. The molecule has 0 saturated carbocycles. The third-order valence-electron chi connectivity index (χ3n) is 5.45. The van der Waals surface area contributed by atoms with Crippen molar-refractivity contribution < 1.29 is 4.79 Å². The molecular weight excluding hydrogens is 384 g/mol. The number of aryl methyl sites for hydroxylation is 4. The van der Waals surface area contributed by atoms with Crippen molar-refractivity contribution in [3.63, 3.8) is 0 Å². The van der Waals surface area contributed by atoms with Crippen molar-refractivity contribution in [3.8, 4) is 10.6 Å². The summed E-state index contributed by atoms with van der Waals surface area (Å²) in [4.78, 5) is 29.6. The number of rotatable bonds is 4. The van der Waals surface area contributed by atoms with Gasteiger partial charge in [-0.3, -0.25) is 9.48 Å². The number of nitrogens with zero attached hydrogens (tertiary/aromatic N) is 6. The highest BCUT2D eigenvalue weighted by molar-refractivity contribution is 7.15. The first-order valence-electron chi connectivity index (χ1n) is 10.1. The van der Waals surface area contributed by atoms with Gasteiger partial charge in [-0.2, -0.15) is 5.10 Å². The summed E-state index contributed by atoms with van der Waals surface area (Å²) in [6, 6.07) is 1.94. The van der Waals surface area contributed by atoms with Gasteiger partial charge in [0.15, 0.2) is 0 Å². The molecule has 3 aromatic rings. The van der Waals surface area contributed by atoms with Crippen LogP contribution >= 0.6 is 11.3 Å². The molecule has 1 saturated heterocycles. The van der Waals surface area contributed by atoms with Crippen molar-refractivity contribution in [1.29, 1.82) is 0 Å². The van der Waals surface area contributed by atoms with Crippen molar-refractivity contribution >= 4 is 17.2 Å². The van der Waals surface area contributed by atoms with E-state index in [0.29, 0.717) is 5.92 Å². The van der Waals surface area contributed by atoms with E-state index in [1.165, 1.54) is 0 Å². The molecule has 0 radical (unpaired) electrons. The zero-order valence-corrected chi connectivity index (χ0v) is 18.2. The van der Waals surface area contributed by atoms with Crippen molar-refractivity contribution in [1.82, 2.24) is 29.6 Å². The van der Waals surface area contributed by atoms with Gasteiger partial charge in [0.25, 0.3) is 5.91 Å². The van der Waals surface area contributed by atoms with E-state index < -0.39 is 0 Å². The minimum Gasteiger partial charge on any atom is -0.338 e. The second-order valence-corrected chi connectivity index (χ2v) is 8.54. The molecule has 0 aromatic carbocycles. The summed E-state index contributed by atoms with van der Waals surface area (Å²) >= 11 is 1.72. The van der Waals surface area contributed by atoms with Gasteiger partial charge in [0, 0.05) is 37.9 Å². The lowest BCUT2D eigenvalue weighted by Crippen LogP contribution is -2.38. The minimum absolute atomic E-state index is 0.0909. The van der Waals surface area contributed by atoms with Gasteiger partial charge in [-0.1, -0.05) is 0 Å². The summed E-state index contributed by atoms with van der Waals surface area (Å²) in [5.41, 5.74) is 3.48. The van der Waals surface area contributed by atoms with Crippen LogP contribution in [-0.2, 0) is 6.54 Å². The fraction of sp³-hybridized carbons (Fsp3) is 0.476. The topological polar surface area (TPSA) is 76.8 Å². The largest absolute Gasteiger partial charge is 0.338 e. The molecule has 0 atom stereocenters. The Morgan fingerprint density at radius 2 is 1.93 bits per heavy atom. The van der Waals surface area contributed by atoms with Crippen LogP contribution in [-0.4, -0.2) is 48.6 Å². The van der Waals surface area contributed by atoms with E-state index >= 15 is 0 Å². The molecule has 1 fully saturated rings. The summed E-state index contributed by atoms with van der Waals surface area (Å²) in [5.74, 6) is 1.25. The van der Waals surface area contributed by atoms with Crippen molar-refractivity contribution in [3.05, 3.63) is 46.2 Å². The lowest BCUT2D eigenvalue weighted by molar-refractivity contribution is 0.0712. The van der Waals surface area contributed by atoms with Crippen molar-refractivity contribution in [2.75, 3.05) is 13.1 Å². The lowest BCUT2D eigenvalue weighted by Gasteiger charge is -2.31. The number of carbonyl (C=O) groups is 1. The van der Waals surface area contributed by atoms with Crippen LogP contribution in [0.2, 0.25) is 0 Å². The zero-order valence-electron chi connectivity index (χ0n) is 17.3. The summed E-state index contributed by atoms with van der Waals surface area (Å²) in [6.45, 7) is 10.1. The Balaban J connectivity index is 1.45. The SMILES string of the molecule is CCn1cc(C(=O)N2CCC(c3nc(C)c(-c4ccnc(C)n4)s3)CC2)c(C)n1.